The van der Waals surface area contributed by atoms with Crippen molar-refractivity contribution in [2.75, 3.05) is 18.9 Å². The van der Waals surface area contributed by atoms with E-state index in [1.54, 1.807) is 7.05 Å². The zero-order valence-electron chi connectivity index (χ0n) is 17.5. The molecule has 0 bridgehead atoms. The summed E-state index contributed by atoms with van der Waals surface area (Å²) in [5.41, 5.74) is 3.10. The fraction of sp³-hybridized carbons (Fsp3) is 0.292. The molecule has 0 saturated carbocycles. The zero-order valence-corrected chi connectivity index (χ0v) is 19.1. The molecule has 1 aliphatic heterocycles. The molecule has 4 rings (SSSR count). The van der Waals surface area contributed by atoms with E-state index >= 15 is 0 Å². The molecule has 1 aliphatic rings. The monoisotopic (exact) mass is 480 g/mol. The number of carbonyl (C=O) groups is 2. The number of nitrogens with zero attached hydrogens (tertiary/aromatic N) is 3. The first kappa shape index (κ1) is 21.3. The van der Waals surface area contributed by atoms with Gasteiger partial charge in [-0.1, -0.05) is 48.9 Å². The van der Waals surface area contributed by atoms with Gasteiger partial charge in [0.05, 0.1) is 17.9 Å². The first-order valence-corrected chi connectivity index (χ1v) is 11.3. The Bertz CT molecular complexity index is 1090. The lowest BCUT2D eigenvalue weighted by Gasteiger charge is -2.17. The number of carbonyl (C=O) groups excluding carboxylic acids is 2. The third-order valence-corrected chi connectivity index (χ3v) is 6.17. The summed E-state index contributed by atoms with van der Waals surface area (Å²) in [5, 5.41) is 2.85. The highest BCUT2D eigenvalue weighted by Crippen LogP contribution is 2.28. The van der Waals surface area contributed by atoms with Crippen LogP contribution in [0.25, 0.3) is 11.4 Å². The highest BCUT2D eigenvalue weighted by Gasteiger charge is 2.27. The first-order chi connectivity index (χ1) is 15.0. The summed E-state index contributed by atoms with van der Waals surface area (Å²) < 4.78 is 2.98. The molecule has 1 N–H and O–H groups in total. The smallest absolute Gasteiger partial charge is 0.274 e. The van der Waals surface area contributed by atoms with E-state index in [1.165, 1.54) is 4.90 Å². The molecule has 0 spiro atoms. The molecule has 6 nitrogen and oxygen atoms in total. The summed E-state index contributed by atoms with van der Waals surface area (Å²) in [6, 6.07) is 17.4. The fourth-order valence-electron chi connectivity index (χ4n) is 3.92. The van der Waals surface area contributed by atoms with E-state index < -0.39 is 0 Å². The zero-order chi connectivity index (χ0) is 21.8. The van der Waals surface area contributed by atoms with E-state index in [2.05, 4.69) is 25.8 Å². The Morgan fingerprint density at radius 1 is 1.06 bits per heavy atom. The molecule has 0 saturated heterocycles. The Morgan fingerprint density at radius 3 is 2.58 bits per heavy atom. The maximum atomic E-state index is 13.3. The molecule has 0 fully saturated rings. The van der Waals surface area contributed by atoms with Crippen LogP contribution in [0.5, 0.6) is 0 Å². The summed E-state index contributed by atoms with van der Waals surface area (Å²) >= 11 is 3.42. The van der Waals surface area contributed by atoms with Gasteiger partial charge in [0.1, 0.15) is 11.5 Å². The molecular weight excluding hydrogens is 456 g/mol. The molecule has 0 atom stereocenters. The quantitative estimate of drug-likeness (QED) is 0.572. The number of anilines is 1. The number of hydrogen-bond donors (Lipinski definition) is 1. The van der Waals surface area contributed by atoms with Crippen molar-refractivity contribution < 1.29 is 9.59 Å². The summed E-state index contributed by atoms with van der Waals surface area (Å²) in [7, 11) is 1.65. The average Bonchev–Trinajstić information content (AvgIpc) is 2.96. The van der Waals surface area contributed by atoms with Crippen LogP contribution in [0.4, 0.5) is 5.69 Å². The SMILES string of the molecule is CN(CC(=O)Nc1ccccc1Br)C(=O)c1nc(-c2ccccc2)n2c1CCCCC2. The number of para-hydroxylation sites is 1. The van der Waals surface area contributed by atoms with Gasteiger partial charge in [-0.3, -0.25) is 9.59 Å². The number of amides is 2. The minimum atomic E-state index is -0.253. The number of likely N-dealkylation sites (N-methyl/N-ethyl adjacent to an activating group) is 1. The molecule has 3 aromatic rings. The van der Waals surface area contributed by atoms with Crippen LogP contribution in [-0.4, -0.2) is 39.9 Å². The number of fused-ring (bicyclic) bond motifs is 1. The van der Waals surface area contributed by atoms with E-state index in [4.69, 9.17) is 4.98 Å². The van der Waals surface area contributed by atoms with Crippen LogP contribution in [0.1, 0.15) is 35.4 Å². The van der Waals surface area contributed by atoms with Crippen LogP contribution in [0.3, 0.4) is 0 Å². The maximum absolute atomic E-state index is 13.3. The van der Waals surface area contributed by atoms with Crippen LogP contribution in [0.15, 0.2) is 59.1 Å². The molecule has 1 aromatic heterocycles. The van der Waals surface area contributed by atoms with Crippen molar-refractivity contribution in [1.29, 1.82) is 0 Å². The van der Waals surface area contributed by atoms with Crippen molar-refractivity contribution in [2.45, 2.75) is 32.2 Å². The van der Waals surface area contributed by atoms with Gasteiger partial charge in [-0.2, -0.15) is 0 Å². The van der Waals surface area contributed by atoms with Crippen molar-refractivity contribution in [3.8, 4) is 11.4 Å². The van der Waals surface area contributed by atoms with Gasteiger partial charge in [-0.05, 0) is 47.3 Å². The number of benzene rings is 2. The third-order valence-electron chi connectivity index (χ3n) is 5.48. The Kier molecular flexibility index (Phi) is 6.51. The average molecular weight is 481 g/mol. The normalized spacial score (nSPS) is 13.2. The summed E-state index contributed by atoms with van der Waals surface area (Å²) in [4.78, 5) is 32.0. The lowest BCUT2D eigenvalue weighted by atomic mass is 10.1. The summed E-state index contributed by atoms with van der Waals surface area (Å²) in [6.07, 6.45) is 4.05. The van der Waals surface area contributed by atoms with Crippen LogP contribution in [-0.2, 0) is 17.8 Å². The van der Waals surface area contributed by atoms with E-state index in [9.17, 15) is 9.59 Å². The van der Waals surface area contributed by atoms with E-state index in [0.717, 1.165) is 53.8 Å². The maximum Gasteiger partial charge on any atom is 0.274 e. The number of nitrogens with one attached hydrogen (secondary N) is 1. The summed E-state index contributed by atoms with van der Waals surface area (Å²) in [5.74, 6) is 0.346. The minimum Gasteiger partial charge on any atom is -0.331 e. The molecule has 7 heteroatoms. The third kappa shape index (κ3) is 4.71. The van der Waals surface area contributed by atoms with E-state index in [-0.39, 0.29) is 18.4 Å². The Labute approximate surface area is 190 Å². The molecule has 0 unspecified atom stereocenters. The van der Waals surface area contributed by atoms with Crippen LogP contribution >= 0.6 is 15.9 Å². The van der Waals surface area contributed by atoms with E-state index in [1.807, 2.05) is 54.6 Å². The van der Waals surface area contributed by atoms with Gasteiger partial charge in [0.2, 0.25) is 5.91 Å². The number of halogens is 1. The van der Waals surface area contributed by atoms with Gasteiger partial charge >= 0.3 is 0 Å². The molecular formula is C24H25BrN4O2. The second-order valence-electron chi connectivity index (χ2n) is 7.75. The Morgan fingerprint density at radius 2 is 1.81 bits per heavy atom. The van der Waals surface area contributed by atoms with Crippen molar-refractivity contribution in [3.05, 3.63) is 70.5 Å². The van der Waals surface area contributed by atoms with Gasteiger partial charge in [0.15, 0.2) is 0 Å². The second kappa shape index (κ2) is 9.47. The predicted octanol–water partition coefficient (Wildman–Crippen LogP) is 4.75. The number of imidazole rings is 1. The Balaban J connectivity index is 1.57. The highest BCUT2D eigenvalue weighted by molar-refractivity contribution is 9.10. The molecule has 2 heterocycles. The van der Waals surface area contributed by atoms with Crippen molar-refractivity contribution in [1.82, 2.24) is 14.5 Å². The predicted molar refractivity (Wildman–Crippen MR) is 125 cm³/mol. The van der Waals surface area contributed by atoms with Crippen LogP contribution in [0.2, 0.25) is 0 Å². The lowest BCUT2D eigenvalue weighted by Crippen LogP contribution is -2.35. The first-order valence-electron chi connectivity index (χ1n) is 10.5. The van der Waals surface area contributed by atoms with Gasteiger partial charge < -0.3 is 14.8 Å². The molecule has 0 radical (unpaired) electrons. The molecule has 160 valence electrons. The van der Waals surface area contributed by atoms with Gasteiger partial charge in [0, 0.05) is 23.6 Å². The molecule has 0 aliphatic carbocycles. The minimum absolute atomic E-state index is 0.0485. The van der Waals surface area contributed by atoms with Crippen LogP contribution < -0.4 is 5.32 Å². The standard InChI is InChI=1S/C24H25BrN4O2/c1-28(16-21(30)26-19-13-8-7-12-18(19)25)24(31)22-20-14-6-3-9-15-29(20)23(27-22)17-10-4-2-5-11-17/h2,4-5,7-8,10-13H,3,6,9,14-16H2,1H3,(H,26,30). The van der Waals surface area contributed by atoms with Crippen LogP contribution in [0, 0.1) is 0 Å². The fourth-order valence-corrected chi connectivity index (χ4v) is 4.30. The number of aromatic nitrogens is 2. The number of hydrogen-bond acceptors (Lipinski definition) is 3. The van der Waals surface area contributed by atoms with Crippen molar-refractivity contribution in [3.63, 3.8) is 0 Å². The number of rotatable bonds is 5. The second-order valence-corrected chi connectivity index (χ2v) is 8.60. The lowest BCUT2D eigenvalue weighted by molar-refractivity contribution is -0.116. The van der Waals surface area contributed by atoms with E-state index in [0.29, 0.717) is 11.4 Å². The van der Waals surface area contributed by atoms with Gasteiger partial charge in [0.25, 0.3) is 5.91 Å². The highest BCUT2D eigenvalue weighted by atomic mass is 79.9. The molecule has 2 amide bonds. The molecule has 31 heavy (non-hydrogen) atoms. The Hall–Kier alpha value is -2.93. The molecule has 2 aromatic carbocycles. The van der Waals surface area contributed by atoms with Gasteiger partial charge in [-0.25, -0.2) is 4.98 Å². The van der Waals surface area contributed by atoms with Crippen molar-refractivity contribution in [2.24, 2.45) is 0 Å². The van der Waals surface area contributed by atoms with Gasteiger partial charge in [-0.15, -0.1) is 0 Å². The topological polar surface area (TPSA) is 67.2 Å². The summed E-state index contributed by atoms with van der Waals surface area (Å²) in [6.45, 7) is 0.805. The largest absolute Gasteiger partial charge is 0.331 e. The van der Waals surface area contributed by atoms with Crippen molar-refractivity contribution >= 4 is 33.4 Å².